The van der Waals surface area contributed by atoms with Crippen LogP contribution in [0.4, 0.5) is 0 Å². The quantitative estimate of drug-likeness (QED) is 0.784. The fourth-order valence-electron chi connectivity index (χ4n) is 3.62. The summed E-state index contributed by atoms with van der Waals surface area (Å²) in [6, 6.07) is 1.64. The van der Waals surface area contributed by atoms with Gasteiger partial charge in [0.25, 0.3) is 0 Å². The molecule has 1 saturated carbocycles. The highest BCUT2D eigenvalue weighted by Crippen LogP contribution is 2.32. The van der Waals surface area contributed by atoms with Crippen molar-refractivity contribution >= 4 is 0 Å². The van der Waals surface area contributed by atoms with Crippen LogP contribution in [0.25, 0.3) is 0 Å². The molecule has 3 saturated heterocycles. The van der Waals surface area contributed by atoms with Crippen LogP contribution in [-0.4, -0.2) is 48.8 Å². The molecule has 0 amide bonds. The molecule has 0 aromatic rings. The number of nitrogens with zero attached hydrogens (tertiary/aromatic N) is 1. The Morgan fingerprint density at radius 1 is 1.12 bits per heavy atom. The molecule has 0 aromatic heterocycles. The first-order valence-corrected chi connectivity index (χ1v) is 6.98. The number of hydrogen-bond acceptors (Lipinski definition) is 3. The molecule has 92 valence electrons. The van der Waals surface area contributed by atoms with Crippen molar-refractivity contribution in [1.29, 1.82) is 0 Å². The number of piperidine rings is 1. The van der Waals surface area contributed by atoms with E-state index in [1.54, 1.807) is 0 Å². The zero-order valence-corrected chi connectivity index (χ0v) is 10.3. The van der Waals surface area contributed by atoms with E-state index in [9.17, 15) is 0 Å². The Kier molecular flexibility index (Phi) is 3.18. The van der Waals surface area contributed by atoms with Crippen LogP contribution in [0.15, 0.2) is 0 Å². The Balaban J connectivity index is 1.46. The molecule has 1 N–H and O–H groups in total. The zero-order chi connectivity index (χ0) is 11.0. The fraction of sp³-hybridized carbons (Fsp3) is 1.00. The summed E-state index contributed by atoms with van der Waals surface area (Å²) in [4.78, 5) is 2.70. The zero-order valence-electron chi connectivity index (χ0n) is 10.3. The summed E-state index contributed by atoms with van der Waals surface area (Å²) < 4.78 is 5.70. The Bertz CT molecular complexity index is 222. The van der Waals surface area contributed by atoms with Gasteiger partial charge in [0, 0.05) is 31.6 Å². The second-order valence-electron chi connectivity index (χ2n) is 5.63. The van der Waals surface area contributed by atoms with Gasteiger partial charge in [-0.2, -0.15) is 0 Å². The normalized spacial score (nSPS) is 44.1. The van der Waals surface area contributed by atoms with Gasteiger partial charge in [0.15, 0.2) is 0 Å². The lowest BCUT2D eigenvalue weighted by Gasteiger charge is -2.50. The van der Waals surface area contributed by atoms with Gasteiger partial charge in [0.1, 0.15) is 0 Å². The van der Waals surface area contributed by atoms with Gasteiger partial charge in [-0.1, -0.05) is 6.92 Å². The van der Waals surface area contributed by atoms with Crippen LogP contribution in [0.5, 0.6) is 0 Å². The van der Waals surface area contributed by atoms with Crippen molar-refractivity contribution in [3.63, 3.8) is 0 Å². The monoisotopic (exact) mass is 224 g/mol. The van der Waals surface area contributed by atoms with E-state index in [4.69, 9.17) is 4.74 Å². The largest absolute Gasteiger partial charge is 0.372 e. The standard InChI is InChI=1S/C13H24N2O/c1-2-14-10-3-5-11(6-4-10)15-8-12-7-13(9-15)16-12/h10-14H,2-9H2,1H3. The molecule has 1 aliphatic carbocycles. The van der Waals surface area contributed by atoms with Gasteiger partial charge >= 0.3 is 0 Å². The molecule has 0 aromatic carbocycles. The summed E-state index contributed by atoms with van der Waals surface area (Å²) in [6.45, 7) is 5.73. The van der Waals surface area contributed by atoms with Gasteiger partial charge in [-0.3, -0.25) is 4.90 Å². The average Bonchev–Trinajstić information content (AvgIpc) is 2.30. The Morgan fingerprint density at radius 2 is 1.75 bits per heavy atom. The summed E-state index contributed by atoms with van der Waals surface area (Å²) >= 11 is 0. The number of morpholine rings is 1. The first-order valence-electron chi connectivity index (χ1n) is 6.98. The number of rotatable bonds is 3. The molecule has 3 aliphatic heterocycles. The van der Waals surface area contributed by atoms with Crippen molar-refractivity contribution in [1.82, 2.24) is 10.2 Å². The molecule has 3 nitrogen and oxygen atoms in total. The van der Waals surface area contributed by atoms with Crippen LogP contribution in [0.2, 0.25) is 0 Å². The van der Waals surface area contributed by atoms with E-state index in [1.807, 2.05) is 0 Å². The predicted molar refractivity (Wildman–Crippen MR) is 64.6 cm³/mol. The second-order valence-corrected chi connectivity index (χ2v) is 5.63. The van der Waals surface area contributed by atoms with Gasteiger partial charge in [0.2, 0.25) is 0 Å². The maximum atomic E-state index is 5.70. The molecular weight excluding hydrogens is 200 g/mol. The van der Waals surface area contributed by atoms with Crippen LogP contribution in [0.1, 0.15) is 39.0 Å². The topological polar surface area (TPSA) is 24.5 Å². The third-order valence-corrected chi connectivity index (χ3v) is 4.49. The molecule has 4 rings (SSSR count). The lowest BCUT2D eigenvalue weighted by Crippen LogP contribution is -2.60. The van der Waals surface area contributed by atoms with Gasteiger partial charge in [-0.15, -0.1) is 0 Å². The SMILES string of the molecule is CCNC1CCC(N2CC3CC(C2)O3)CC1. The lowest BCUT2D eigenvalue weighted by molar-refractivity contribution is -0.189. The minimum Gasteiger partial charge on any atom is -0.372 e. The number of fused-ring (bicyclic) bond motifs is 2. The third kappa shape index (κ3) is 2.13. The average molecular weight is 224 g/mol. The smallest absolute Gasteiger partial charge is 0.0731 e. The Morgan fingerprint density at radius 3 is 2.31 bits per heavy atom. The van der Waals surface area contributed by atoms with Crippen molar-refractivity contribution in [2.24, 2.45) is 0 Å². The molecule has 0 radical (unpaired) electrons. The van der Waals surface area contributed by atoms with E-state index < -0.39 is 0 Å². The molecule has 16 heavy (non-hydrogen) atoms. The van der Waals surface area contributed by atoms with Crippen molar-refractivity contribution < 1.29 is 4.74 Å². The van der Waals surface area contributed by atoms with Crippen LogP contribution in [0.3, 0.4) is 0 Å². The van der Waals surface area contributed by atoms with Gasteiger partial charge in [-0.25, -0.2) is 0 Å². The minimum atomic E-state index is 0.574. The number of ether oxygens (including phenoxy) is 1. The molecule has 0 spiro atoms. The summed E-state index contributed by atoms with van der Waals surface area (Å²) in [5.41, 5.74) is 0. The minimum absolute atomic E-state index is 0.574. The molecule has 3 heteroatoms. The Hall–Kier alpha value is -0.120. The van der Waals surface area contributed by atoms with Gasteiger partial charge in [-0.05, 0) is 32.2 Å². The first kappa shape index (κ1) is 11.0. The highest BCUT2D eigenvalue weighted by Gasteiger charge is 2.41. The second kappa shape index (κ2) is 4.63. The van der Waals surface area contributed by atoms with Crippen molar-refractivity contribution in [2.75, 3.05) is 19.6 Å². The summed E-state index contributed by atoms with van der Waals surface area (Å²) in [5.74, 6) is 0. The number of nitrogens with one attached hydrogen (secondary N) is 1. The van der Waals surface area contributed by atoms with Crippen LogP contribution < -0.4 is 5.32 Å². The van der Waals surface area contributed by atoms with Crippen molar-refractivity contribution in [3.05, 3.63) is 0 Å². The number of hydrogen-bond donors (Lipinski definition) is 1. The van der Waals surface area contributed by atoms with Gasteiger partial charge < -0.3 is 10.1 Å². The molecule has 2 unspecified atom stereocenters. The highest BCUT2D eigenvalue weighted by molar-refractivity contribution is 4.93. The molecule has 4 fully saturated rings. The highest BCUT2D eigenvalue weighted by atomic mass is 16.5. The summed E-state index contributed by atoms with van der Waals surface area (Å²) in [5, 5.41) is 3.58. The van der Waals surface area contributed by atoms with E-state index in [0.717, 1.165) is 18.6 Å². The fourth-order valence-corrected chi connectivity index (χ4v) is 3.62. The lowest BCUT2D eigenvalue weighted by atomic mass is 9.87. The van der Waals surface area contributed by atoms with Crippen LogP contribution in [0, 0.1) is 0 Å². The molecule has 2 bridgehead atoms. The van der Waals surface area contributed by atoms with Crippen molar-refractivity contribution in [2.45, 2.75) is 63.3 Å². The van der Waals surface area contributed by atoms with E-state index in [-0.39, 0.29) is 0 Å². The molecule has 2 atom stereocenters. The van der Waals surface area contributed by atoms with E-state index >= 15 is 0 Å². The summed E-state index contributed by atoms with van der Waals surface area (Å²) in [6.07, 6.45) is 7.98. The van der Waals surface area contributed by atoms with Crippen molar-refractivity contribution in [3.8, 4) is 0 Å². The van der Waals surface area contributed by atoms with E-state index in [1.165, 1.54) is 45.2 Å². The predicted octanol–water partition coefficient (Wildman–Crippen LogP) is 1.38. The maximum absolute atomic E-state index is 5.70. The van der Waals surface area contributed by atoms with Crippen LogP contribution >= 0.6 is 0 Å². The third-order valence-electron chi connectivity index (χ3n) is 4.49. The van der Waals surface area contributed by atoms with E-state index in [0.29, 0.717) is 12.2 Å². The molecule has 3 heterocycles. The first-order chi connectivity index (χ1) is 7.85. The molecule has 4 aliphatic rings. The summed E-state index contributed by atoms with van der Waals surface area (Å²) in [7, 11) is 0. The van der Waals surface area contributed by atoms with E-state index in [2.05, 4.69) is 17.1 Å². The Labute approximate surface area is 98.5 Å². The van der Waals surface area contributed by atoms with Gasteiger partial charge in [0.05, 0.1) is 12.2 Å². The molecular formula is C13H24N2O. The maximum Gasteiger partial charge on any atom is 0.0731 e. The van der Waals surface area contributed by atoms with Crippen LogP contribution in [-0.2, 0) is 4.74 Å².